The van der Waals surface area contributed by atoms with Crippen molar-refractivity contribution in [3.8, 4) is 0 Å². The highest BCUT2D eigenvalue weighted by molar-refractivity contribution is 7.80. The third-order valence-electron chi connectivity index (χ3n) is 6.69. The maximum Gasteiger partial charge on any atom is 0.327 e. The van der Waals surface area contributed by atoms with Crippen molar-refractivity contribution >= 4 is 60.8 Å². The number of carbonyl (C=O) groups is 6. The number of carbonyl (C=O) groups excluding carboxylic acids is 5. The van der Waals surface area contributed by atoms with Crippen molar-refractivity contribution in [1.29, 1.82) is 0 Å². The summed E-state index contributed by atoms with van der Waals surface area (Å²) < 4.78 is 0. The van der Waals surface area contributed by atoms with E-state index in [-0.39, 0.29) is 54.4 Å². The van der Waals surface area contributed by atoms with Gasteiger partial charge in [-0.05, 0) is 49.4 Å². The van der Waals surface area contributed by atoms with Gasteiger partial charge < -0.3 is 37.4 Å². The van der Waals surface area contributed by atoms with Crippen molar-refractivity contribution in [2.24, 2.45) is 29.4 Å². The van der Waals surface area contributed by atoms with Gasteiger partial charge in [-0.25, -0.2) is 4.79 Å². The fourth-order valence-electron chi connectivity index (χ4n) is 4.45. The molecular weight excluding hydrogens is 620 g/mol. The van der Waals surface area contributed by atoms with Gasteiger partial charge >= 0.3 is 5.97 Å². The number of amides is 5. The molecular formula is C30H56N6O7S2. The molecule has 0 aliphatic carbocycles. The first-order chi connectivity index (χ1) is 20.8. The molecule has 0 saturated heterocycles. The lowest BCUT2D eigenvalue weighted by atomic mass is 9.98. The molecule has 6 atom stereocenters. The Morgan fingerprint density at radius 3 is 0.933 bits per heavy atom. The summed E-state index contributed by atoms with van der Waals surface area (Å²) in [5.41, 5.74) is 5.78. The van der Waals surface area contributed by atoms with Crippen LogP contribution in [0.4, 0.5) is 0 Å². The Bertz CT molecular complexity index is 996. The first kappa shape index (κ1) is 42.5. The fourth-order valence-corrected chi connectivity index (χ4v) is 4.86. The molecule has 0 bridgehead atoms. The molecule has 260 valence electrons. The molecule has 0 aliphatic rings. The summed E-state index contributed by atoms with van der Waals surface area (Å²) in [6.45, 7) is 15.0. The molecule has 0 radical (unpaired) electrons. The molecule has 0 heterocycles. The Morgan fingerprint density at radius 1 is 0.489 bits per heavy atom. The average Bonchev–Trinajstić information content (AvgIpc) is 2.92. The van der Waals surface area contributed by atoms with E-state index in [0.29, 0.717) is 6.42 Å². The minimum absolute atomic E-state index is 0.0118. The van der Waals surface area contributed by atoms with Crippen LogP contribution in [0.5, 0.6) is 0 Å². The van der Waals surface area contributed by atoms with Crippen molar-refractivity contribution < 1.29 is 33.9 Å². The van der Waals surface area contributed by atoms with Crippen LogP contribution >= 0.6 is 25.3 Å². The third kappa shape index (κ3) is 17.1. The number of aliphatic carboxylic acids is 1. The third-order valence-corrected chi connectivity index (χ3v) is 7.45. The van der Waals surface area contributed by atoms with Crippen molar-refractivity contribution in [2.75, 3.05) is 11.5 Å². The molecule has 8 N–H and O–H groups in total. The Kier molecular flexibility index (Phi) is 20.1. The average molecular weight is 677 g/mol. The number of nitrogens with one attached hydrogen (secondary N) is 5. The molecule has 0 saturated carbocycles. The standard InChI is InChI=1S/C30H56N6O7S2/c1-15(2)9-20(32-25(37)19(31)13-44)26(38)33-21(10-16(3)4)27(39)34-22(11-17(5)6)28(40)35-23(12-18(7)8)29(41)36-24(14-45)30(42)43/h15-24,44-45H,9-14,31H2,1-8H3,(H,32,37)(H,33,38)(H,34,39)(H,35,40)(H,36,41)(H,42,43)/t19-,20-,21-,22-,23-,24-/m0/s1. The highest BCUT2D eigenvalue weighted by Gasteiger charge is 2.33. The van der Waals surface area contributed by atoms with E-state index >= 15 is 0 Å². The Balaban J connectivity index is 6.05. The second-order valence-electron chi connectivity index (χ2n) is 13.1. The van der Waals surface area contributed by atoms with Gasteiger partial charge in [-0.2, -0.15) is 25.3 Å². The van der Waals surface area contributed by atoms with Crippen LogP contribution in [0.15, 0.2) is 0 Å². The number of hydrogen-bond acceptors (Lipinski definition) is 9. The van der Waals surface area contributed by atoms with E-state index in [0.717, 1.165) is 0 Å². The van der Waals surface area contributed by atoms with Crippen molar-refractivity contribution in [3.63, 3.8) is 0 Å². The quantitative estimate of drug-likeness (QED) is 0.0795. The summed E-state index contributed by atoms with van der Waals surface area (Å²) in [5, 5.41) is 22.6. The van der Waals surface area contributed by atoms with Gasteiger partial charge in [0.25, 0.3) is 0 Å². The van der Waals surface area contributed by atoms with Gasteiger partial charge in [-0.3, -0.25) is 24.0 Å². The highest BCUT2D eigenvalue weighted by Crippen LogP contribution is 2.13. The minimum Gasteiger partial charge on any atom is -0.480 e. The van der Waals surface area contributed by atoms with E-state index in [4.69, 9.17) is 5.73 Å². The number of thiol groups is 2. The number of nitrogens with two attached hydrogens (primary N) is 1. The van der Waals surface area contributed by atoms with Gasteiger partial charge in [-0.1, -0.05) is 55.4 Å². The van der Waals surface area contributed by atoms with Gasteiger partial charge in [0, 0.05) is 11.5 Å². The number of hydrogen-bond donors (Lipinski definition) is 9. The number of carboxylic acids is 1. The van der Waals surface area contributed by atoms with Gasteiger partial charge in [0.05, 0.1) is 6.04 Å². The van der Waals surface area contributed by atoms with Crippen LogP contribution < -0.4 is 32.3 Å². The van der Waals surface area contributed by atoms with E-state index in [2.05, 4.69) is 51.8 Å². The molecule has 0 fully saturated rings. The van der Waals surface area contributed by atoms with Gasteiger partial charge in [0.15, 0.2) is 0 Å². The van der Waals surface area contributed by atoms with Crippen LogP contribution in [-0.2, 0) is 28.8 Å². The van der Waals surface area contributed by atoms with Crippen molar-refractivity contribution in [2.45, 2.75) is 117 Å². The Morgan fingerprint density at radius 2 is 0.733 bits per heavy atom. The van der Waals surface area contributed by atoms with Gasteiger partial charge in [0.1, 0.15) is 30.2 Å². The lowest BCUT2D eigenvalue weighted by Crippen LogP contribution is -2.60. The number of rotatable bonds is 21. The summed E-state index contributed by atoms with van der Waals surface area (Å²) >= 11 is 8.02. The van der Waals surface area contributed by atoms with Crippen LogP contribution in [0.25, 0.3) is 0 Å². The largest absolute Gasteiger partial charge is 0.480 e. The predicted octanol–water partition coefficient (Wildman–Crippen LogP) is 0.866. The monoisotopic (exact) mass is 676 g/mol. The minimum atomic E-state index is -1.25. The predicted molar refractivity (Wildman–Crippen MR) is 181 cm³/mol. The molecule has 0 unspecified atom stereocenters. The summed E-state index contributed by atoms with van der Waals surface area (Å²) in [6.07, 6.45) is 1.02. The second kappa shape index (κ2) is 21.3. The second-order valence-corrected chi connectivity index (χ2v) is 13.9. The molecule has 0 aromatic carbocycles. The Hall–Kier alpha value is -2.52. The first-order valence-corrected chi connectivity index (χ1v) is 16.8. The zero-order valence-electron chi connectivity index (χ0n) is 27.9. The maximum atomic E-state index is 13.6. The van der Waals surface area contributed by atoms with Crippen LogP contribution in [-0.4, -0.2) is 88.4 Å². The van der Waals surface area contributed by atoms with E-state index in [1.54, 1.807) is 0 Å². The van der Waals surface area contributed by atoms with E-state index in [9.17, 15) is 33.9 Å². The highest BCUT2D eigenvalue weighted by atomic mass is 32.1. The topological polar surface area (TPSA) is 209 Å². The smallest absolute Gasteiger partial charge is 0.327 e. The van der Waals surface area contributed by atoms with Crippen LogP contribution in [0.1, 0.15) is 81.1 Å². The molecule has 0 aromatic heterocycles. The zero-order valence-corrected chi connectivity index (χ0v) is 29.7. The summed E-state index contributed by atoms with van der Waals surface area (Å²) in [6, 6.07) is -6.21. The van der Waals surface area contributed by atoms with Crippen LogP contribution in [0.2, 0.25) is 0 Å². The maximum absolute atomic E-state index is 13.6. The van der Waals surface area contributed by atoms with Crippen LogP contribution in [0.3, 0.4) is 0 Å². The molecule has 15 heteroatoms. The van der Waals surface area contributed by atoms with Gasteiger partial charge in [-0.15, -0.1) is 0 Å². The molecule has 0 aliphatic heterocycles. The summed E-state index contributed by atoms with van der Waals surface area (Å²) in [7, 11) is 0. The van der Waals surface area contributed by atoms with Crippen LogP contribution in [0, 0.1) is 23.7 Å². The molecule has 0 rings (SSSR count). The SMILES string of the molecule is CC(C)C[C@H](NC(=O)[C@H](CC(C)C)NC(=O)[C@H](CC(C)C)NC(=O)[C@H](CC(C)C)NC(=O)[C@@H](N)CS)C(=O)N[C@@H](CS)C(=O)O. The lowest BCUT2D eigenvalue weighted by molar-refractivity contribution is -0.141. The normalized spacial score (nSPS) is 15.5. The molecule has 0 aromatic rings. The van der Waals surface area contributed by atoms with Gasteiger partial charge in [0.2, 0.25) is 29.5 Å². The molecule has 5 amide bonds. The lowest BCUT2D eigenvalue weighted by Gasteiger charge is -2.29. The first-order valence-electron chi connectivity index (χ1n) is 15.5. The van der Waals surface area contributed by atoms with E-state index in [1.165, 1.54) is 0 Å². The van der Waals surface area contributed by atoms with E-state index < -0.39 is 71.8 Å². The zero-order chi connectivity index (χ0) is 35.0. The number of carboxylic acid groups (broad SMARTS) is 1. The Labute approximate surface area is 278 Å². The molecule has 0 spiro atoms. The van der Waals surface area contributed by atoms with Crippen molar-refractivity contribution in [3.05, 3.63) is 0 Å². The summed E-state index contributed by atoms with van der Waals surface area (Å²) in [4.78, 5) is 77.4. The molecule has 13 nitrogen and oxygen atoms in total. The van der Waals surface area contributed by atoms with E-state index in [1.807, 2.05) is 55.4 Å². The summed E-state index contributed by atoms with van der Waals surface area (Å²) in [5.74, 6) is -4.29. The molecule has 45 heavy (non-hydrogen) atoms. The van der Waals surface area contributed by atoms with Crippen molar-refractivity contribution in [1.82, 2.24) is 26.6 Å². The fraction of sp³-hybridized carbons (Fsp3) is 0.800.